The van der Waals surface area contributed by atoms with E-state index in [0.717, 1.165) is 6.92 Å². The molecule has 6 heteroatoms. The molecule has 0 bridgehead atoms. The fourth-order valence-electron chi connectivity index (χ4n) is 0.293. The van der Waals surface area contributed by atoms with Crippen LogP contribution >= 0.6 is 0 Å². The highest BCUT2D eigenvalue weighted by molar-refractivity contribution is 8.67. The first-order valence-electron chi connectivity index (χ1n) is 2.59. The molecule has 62 valence electrons. The first-order valence-corrected chi connectivity index (χ1v) is 5.64. The quantitative estimate of drug-likeness (QED) is 0.483. The van der Waals surface area contributed by atoms with Crippen molar-refractivity contribution in [2.45, 2.75) is 12.4 Å². The van der Waals surface area contributed by atoms with Crippen molar-refractivity contribution in [2.75, 3.05) is 12.4 Å². The second kappa shape index (κ2) is 5.17. The third-order valence-corrected chi connectivity index (χ3v) is 4.47. The Morgan fingerprint density at radius 1 is 1.50 bits per heavy atom. The van der Waals surface area contributed by atoms with Crippen LogP contribution < -0.4 is 0 Å². The second-order valence-corrected chi connectivity index (χ2v) is 5.79. The van der Waals surface area contributed by atoms with Gasteiger partial charge in [-0.2, -0.15) is 4.39 Å². The minimum atomic E-state index is -2.05. The van der Waals surface area contributed by atoms with E-state index in [1.54, 1.807) is 0 Å². The van der Waals surface area contributed by atoms with Gasteiger partial charge in [-0.1, -0.05) is 0 Å². The van der Waals surface area contributed by atoms with Crippen LogP contribution in [-0.2, 0) is 20.4 Å². The van der Waals surface area contributed by atoms with Crippen molar-refractivity contribution < 1.29 is 17.9 Å². The summed E-state index contributed by atoms with van der Waals surface area (Å²) in [5, 5.41) is 0. The zero-order chi connectivity index (χ0) is 8.15. The van der Waals surface area contributed by atoms with Crippen LogP contribution in [0.15, 0.2) is 0 Å². The summed E-state index contributed by atoms with van der Waals surface area (Å²) in [5.74, 6) is -0.346. The standard InChI is InChI=1S/C4H8F2O2S2/c1-4(6)10(8)9(7)3-2-5/h4H,2-3H2,1H3. The summed E-state index contributed by atoms with van der Waals surface area (Å²) in [6.45, 7) is 0.206. The van der Waals surface area contributed by atoms with E-state index in [0.29, 0.717) is 0 Å². The predicted molar refractivity (Wildman–Crippen MR) is 37.7 cm³/mol. The second-order valence-electron chi connectivity index (χ2n) is 1.50. The molecule has 0 N–H and O–H groups in total. The molecule has 0 aromatic heterocycles. The zero-order valence-corrected chi connectivity index (χ0v) is 7.01. The molecule has 0 spiro atoms. The van der Waals surface area contributed by atoms with Crippen LogP contribution in [0.2, 0.25) is 0 Å². The van der Waals surface area contributed by atoms with Gasteiger partial charge in [0.15, 0.2) is 16.0 Å². The molecule has 3 unspecified atom stereocenters. The van der Waals surface area contributed by atoms with Crippen LogP contribution in [-0.4, -0.2) is 27.0 Å². The first kappa shape index (κ1) is 10.5. The van der Waals surface area contributed by atoms with Crippen LogP contribution in [0.3, 0.4) is 0 Å². The normalized spacial score (nSPS) is 20.1. The maximum Gasteiger partial charge on any atom is 0.297 e. The van der Waals surface area contributed by atoms with Crippen molar-refractivity contribution in [3.63, 3.8) is 0 Å². The lowest BCUT2D eigenvalue weighted by atomic mass is 10.9. The Kier molecular flexibility index (Phi) is 5.42. The molecule has 0 saturated heterocycles. The topological polar surface area (TPSA) is 46.1 Å². The highest BCUT2D eigenvalue weighted by Gasteiger charge is 2.30. The number of rotatable bonds is 4. The van der Waals surface area contributed by atoms with Crippen molar-refractivity contribution in [3.05, 3.63) is 0 Å². The molecule has 0 aliphatic carbocycles. The molecule has 3 atom stereocenters. The van der Waals surface area contributed by atoms with Gasteiger partial charge in [-0.05, 0) is 0 Å². The molecule has 0 aliphatic heterocycles. The maximum absolute atomic E-state index is 12.1. The lowest BCUT2D eigenvalue weighted by Crippen LogP contribution is -2.26. The van der Waals surface area contributed by atoms with Crippen LogP contribution in [0, 0.1) is 0 Å². The van der Waals surface area contributed by atoms with E-state index in [1.165, 1.54) is 0 Å². The minimum Gasteiger partial charge on any atom is -0.571 e. The highest BCUT2D eigenvalue weighted by Crippen LogP contribution is 2.12. The van der Waals surface area contributed by atoms with Crippen LogP contribution in [0.5, 0.6) is 0 Å². The van der Waals surface area contributed by atoms with Gasteiger partial charge in [-0.3, -0.25) is 0 Å². The molecular weight excluding hydrogens is 182 g/mol. The number of alkyl halides is 2. The Bertz CT molecular complexity index is 93.3. The smallest absolute Gasteiger partial charge is 0.297 e. The molecule has 0 heterocycles. The summed E-state index contributed by atoms with van der Waals surface area (Å²) in [7, 11) is -3.92. The summed E-state index contributed by atoms with van der Waals surface area (Å²) in [4.78, 5) is 0. The van der Waals surface area contributed by atoms with E-state index in [9.17, 15) is 17.9 Å². The van der Waals surface area contributed by atoms with Gasteiger partial charge in [0.2, 0.25) is 10.2 Å². The van der Waals surface area contributed by atoms with E-state index in [-0.39, 0.29) is 5.75 Å². The summed E-state index contributed by atoms with van der Waals surface area (Å²) < 4.78 is 44.5. The minimum absolute atomic E-state index is 0.346. The predicted octanol–water partition coefficient (Wildman–Crippen LogP) is 0.684. The third kappa shape index (κ3) is 3.60. The van der Waals surface area contributed by atoms with Gasteiger partial charge in [-0.25, -0.2) is 4.39 Å². The maximum atomic E-state index is 12.1. The monoisotopic (exact) mass is 190 g/mol. The van der Waals surface area contributed by atoms with Gasteiger partial charge in [0, 0.05) is 6.92 Å². The fraction of sp³-hybridized carbons (Fsp3) is 1.00. The first-order chi connectivity index (χ1) is 4.59. The summed E-state index contributed by atoms with van der Waals surface area (Å²) in [5.41, 5.74) is -1.65. The summed E-state index contributed by atoms with van der Waals surface area (Å²) in [6.07, 6.45) is 0. The SMILES string of the molecule is CC(F)[S+]([O-])[S+]([O-])CCF. The number of halogens is 2. The van der Waals surface area contributed by atoms with E-state index in [1.807, 2.05) is 0 Å². The van der Waals surface area contributed by atoms with Crippen LogP contribution in [0.25, 0.3) is 0 Å². The molecule has 0 amide bonds. The molecule has 0 fully saturated rings. The molecule has 0 rings (SSSR count). The molecule has 0 saturated carbocycles. The average molecular weight is 190 g/mol. The molecular formula is C4H8F2O2S2. The Morgan fingerprint density at radius 3 is 2.30 bits per heavy atom. The Labute approximate surface area is 63.8 Å². The van der Waals surface area contributed by atoms with Crippen molar-refractivity contribution >= 4 is 20.4 Å². The van der Waals surface area contributed by atoms with Crippen LogP contribution in [0.4, 0.5) is 8.78 Å². The van der Waals surface area contributed by atoms with Crippen LogP contribution in [0.1, 0.15) is 6.92 Å². The highest BCUT2D eigenvalue weighted by atomic mass is 33.2. The third-order valence-electron chi connectivity index (χ3n) is 0.692. The number of hydrogen-bond acceptors (Lipinski definition) is 2. The van der Waals surface area contributed by atoms with Crippen molar-refractivity contribution in [1.29, 1.82) is 0 Å². The van der Waals surface area contributed by atoms with Crippen molar-refractivity contribution in [3.8, 4) is 0 Å². The summed E-state index contributed by atoms with van der Waals surface area (Å²) in [6, 6.07) is 0. The fourth-order valence-corrected chi connectivity index (χ4v) is 2.45. The lowest BCUT2D eigenvalue weighted by molar-refractivity contribution is 0.448. The van der Waals surface area contributed by atoms with Gasteiger partial charge >= 0.3 is 0 Å². The van der Waals surface area contributed by atoms with Crippen molar-refractivity contribution in [1.82, 2.24) is 0 Å². The van der Waals surface area contributed by atoms with E-state index < -0.39 is 32.6 Å². The Hall–Kier alpha value is 0.480. The molecule has 0 aromatic carbocycles. The van der Waals surface area contributed by atoms with Crippen molar-refractivity contribution in [2.24, 2.45) is 0 Å². The molecule has 2 nitrogen and oxygen atoms in total. The molecule has 10 heavy (non-hydrogen) atoms. The lowest BCUT2D eigenvalue weighted by Gasteiger charge is -2.11. The molecule has 0 aliphatic rings. The Balaban J connectivity index is 3.58. The average Bonchev–Trinajstić information content (AvgIpc) is 1.87. The zero-order valence-electron chi connectivity index (χ0n) is 5.38. The summed E-state index contributed by atoms with van der Waals surface area (Å²) >= 11 is 0. The molecule has 0 radical (unpaired) electrons. The van der Waals surface area contributed by atoms with E-state index >= 15 is 0 Å². The van der Waals surface area contributed by atoms with Gasteiger partial charge in [-0.15, -0.1) is 0 Å². The largest absolute Gasteiger partial charge is 0.571 e. The van der Waals surface area contributed by atoms with E-state index in [4.69, 9.17) is 0 Å². The van der Waals surface area contributed by atoms with Gasteiger partial charge in [0.1, 0.15) is 6.67 Å². The van der Waals surface area contributed by atoms with Gasteiger partial charge in [0.25, 0.3) is 5.50 Å². The van der Waals surface area contributed by atoms with E-state index in [2.05, 4.69) is 0 Å². The van der Waals surface area contributed by atoms with Gasteiger partial charge < -0.3 is 9.11 Å². The van der Waals surface area contributed by atoms with Gasteiger partial charge in [0.05, 0.1) is 0 Å². The number of hydrogen-bond donors (Lipinski definition) is 0. The Morgan fingerprint density at radius 2 is 2.00 bits per heavy atom. The molecule has 0 aromatic rings.